The Labute approximate surface area is 189 Å². The first kappa shape index (κ1) is 20.9. The summed E-state index contributed by atoms with van der Waals surface area (Å²) < 4.78 is 9.33. The van der Waals surface area contributed by atoms with Crippen molar-refractivity contribution in [1.29, 1.82) is 0 Å². The van der Waals surface area contributed by atoms with Gasteiger partial charge in [0.25, 0.3) is 0 Å². The van der Waals surface area contributed by atoms with Crippen molar-refractivity contribution in [2.75, 3.05) is 0 Å². The van der Waals surface area contributed by atoms with Crippen LogP contribution < -0.4 is 0 Å². The topological polar surface area (TPSA) is 27.1 Å². The third-order valence-corrected chi connectivity index (χ3v) is 7.38. The fourth-order valence-electron chi connectivity index (χ4n) is 2.37. The number of thioether (sulfide) groups is 1. The van der Waals surface area contributed by atoms with Crippen LogP contribution in [0.25, 0.3) is 0 Å². The first-order valence-corrected chi connectivity index (χ1v) is 11.4. The molecule has 27 heavy (non-hydrogen) atoms. The molecule has 0 saturated carbocycles. The van der Waals surface area contributed by atoms with E-state index in [4.69, 9.17) is 28.6 Å². The molecular weight excluding hydrogens is 532 g/mol. The van der Waals surface area contributed by atoms with Crippen molar-refractivity contribution in [3.63, 3.8) is 0 Å². The fourth-order valence-corrected chi connectivity index (χ4v) is 4.88. The Balaban J connectivity index is 1.71. The summed E-state index contributed by atoms with van der Waals surface area (Å²) >= 11 is 20.2. The van der Waals surface area contributed by atoms with Gasteiger partial charge in [-0.2, -0.15) is 0 Å². The largest absolute Gasteiger partial charge is 0.474 e. The number of benzene rings is 2. The van der Waals surface area contributed by atoms with Gasteiger partial charge in [0.1, 0.15) is 11.6 Å². The second-order valence-corrected chi connectivity index (χ2v) is 9.67. The number of hydrogen-bond acceptors (Lipinski definition) is 4. The maximum absolute atomic E-state index is 5.92. The van der Waals surface area contributed by atoms with Gasteiger partial charge >= 0.3 is 0 Å². The summed E-state index contributed by atoms with van der Waals surface area (Å²) in [5.74, 6) is 0. The zero-order valence-electron chi connectivity index (χ0n) is 14.0. The van der Waals surface area contributed by atoms with Gasteiger partial charge in [0.05, 0.1) is 11.6 Å². The van der Waals surface area contributed by atoms with Gasteiger partial charge in [-0.05, 0) is 47.6 Å². The van der Waals surface area contributed by atoms with E-state index in [-0.39, 0.29) is 10.2 Å². The number of alkyl halides is 1. The van der Waals surface area contributed by atoms with Crippen LogP contribution in [0.2, 0.25) is 5.02 Å². The van der Waals surface area contributed by atoms with Crippen molar-refractivity contribution in [2.45, 2.75) is 16.8 Å². The SMILES string of the molecule is S=C(OCc1ccc(Cl)cc1)SC(c1ccc(Br)cc1)C(Br)n1ccnc1. The molecule has 3 aromatic rings. The maximum Gasteiger partial charge on any atom is 0.221 e. The van der Waals surface area contributed by atoms with Crippen LogP contribution in [0.3, 0.4) is 0 Å². The van der Waals surface area contributed by atoms with E-state index in [1.807, 2.05) is 47.2 Å². The molecule has 0 saturated heterocycles. The molecule has 0 radical (unpaired) electrons. The fraction of sp³-hybridized carbons (Fsp3) is 0.158. The van der Waals surface area contributed by atoms with Crippen LogP contribution in [0.5, 0.6) is 0 Å². The van der Waals surface area contributed by atoms with Crippen molar-refractivity contribution >= 4 is 71.8 Å². The van der Waals surface area contributed by atoms with Crippen LogP contribution in [0.4, 0.5) is 0 Å². The highest BCUT2D eigenvalue weighted by molar-refractivity contribution is 9.10. The van der Waals surface area contributed by atoms with Gasteiger partial charge < -0.3 is 9.30 Å². The quantitative estimate of drug-likeness (QED) is 0.242. The van der Waals surface area contributed by atoms with Crippen LogP contribution >= 0.6 is 67.4 Å². The first-order chi connectivity index (χ1) is 13.0. The zero-order chi connectivity index (χ0) is 19.2. The smallest absolute Gasteiger partial charge is 0.221 e. The summed E-state index contributed by atoms with van der Waals surface area (Å²) in [6, 6.07) is 15.7. The second kappa shape index (κ2) is 10.1. The molecule has 0 amide bonds. The molecule has 0 aliphatic carbocycles. The lowest BCUT2D eigenvalue weighted by molar-refractivity contribution is 0.310. The molecule has 8 heteroatoms. The molecule has 0 N–H and O–H groups in total. The summed E-state index contributed by atoms with van der Waals surface area (Å²) in [6.07, 6.45) is 5.46. The number of ether oxygens (including phenoxy) is 1. The molecule has 1 aromatic heterocycles. The average Bonchev–Trinajstić information content (AvgIpc) is 3.21. The number of thiocarbonyl (C=S) groups is 1. The van der Waals surface area contributed by atoms with Crippen molar-refractivity contribution in [3.05, 3.63) is 87.9 Å². The number of nitrogens with zero attached hydrogens (tertiary/aromatic N) is 2. The minimum Gasteiger partial charge on any atom is -0.474 e. The molecule has 3 rings (SSSR count). The van der Waals surface area contributed by atoms with Crippen LogP contribution in [-0.4, -0.2) is 13.9 Å². The van der Waals surface area contributed by atoms with Crippen molar-refractivity contribution in [2.24, 2.45) is 0 Å². The van der Waals surface area contributed by atoms with E-state index in [0.29, 0.717) is 16.0 Å². The predicted molar refractivity (Wildman–Crippen MR) is 124 cm³/mol. The van der Waals surface area contributed by atoms with Crippen molar-refractivity contribution in [1.82, 2.24) is 9.55 Å². The van der Waals surface area contributed by atoms with Gasteiger partial charge in [0.15, 0.2) is 0 Å². The number of aromatic nitrogens is 2. The number of imidazole rings is 1. The Morgan fingerprint density at radius 1 is 1.19 bits per heavy atom. The van der Waals surface area contributed by atoms with Gasteiger partial charge in [0, 0.05) is 21.9 Å². The van der Waals surface area contributed by atoms with E-state index < -0.39 is 0 Å². The Kier molecular flexibility index (Phi) is 7.78. The standard InChI is InChI=1S/C19H15Br2ClN2OS2/c20-15-5-3-14(4-6-15)17(18(21)24-10-9-23-12-24)27-19(26)25-11-13-1-7-16(22)8-2-13/h1-10,12,17-18H,11H2. The molecule has 2 unspecified atom stereocenters. The molecule has 3 nitrogen and oxygen atoms in total. The summed E-state index contributed by atoms with van der Waals surface area (Å²) in [7, 11) is 0. The lowest BCUT2D eigenvalue weighted by Crippen LogP contribution is -2.11. The van der Waals surface area contributed by atoms with Crippen LogP contribution in [-0.2, 0) is 11.3 Å². The normalized spacial score (nSPS) is 13.1. The lowest BCUT2D eigenvalue weighted by Gasteiger charge is -2.24. The highest BCUT2D eigenvalue weighted by atomic mass is 79.9. The van der Waals surface area contributed by atoms with E-state index in [1.54, 1.807) is 12.5 Å². The van der Waals surface area contributed by atoms with Crippen LogP contribution in [0, 0.1) is 0 Å². The first-order valence-electron chi connectivity index (χ1n) is 7.98. The molecule has 0 spiro atoms. The van der Waals surface area contributed by atoms with E-state index >= 15 is 0 Å². The van der Waals surface area contributed by atoms with E-state index in [0.717, 1.165) is 15.6 Å². The minimum absolute atomic E-state index is 0.0185. The summed E-state index contributed by atoms with van der Waals surface area (Å²) in [5.41, 5.74) is 2.16. The molecule has 0 aliphatic rings. The number of rotatable bonds is 6. The summed E-state index contributed by atoms with van der Waals surface area (Å²) in [6.45, 7) is 0.411. The van der Waals surface area contributed by atoms with Crippen LogP contribution in [0.15, 0.2) is 71.7 Å². The summed E-state index contributed by atoms with van der Waals surface area (Å²) in [5, 5.41) is 0.721. The van der Waals surface area contributed by atoms with Crippen LogP contribution in [0.1, 0.15) is 21.3 Å². The van der Waals surface area contributed by atoms with Crippen molar-refractivity contribution in [3.8, 4) is 0 Å². The Bertz CT molecular complexity index is 874. The van der Waals surface area contributed by atoms with E-state index in [2.05, 4.69) is 49.0 Å². The molecule has 2 aromatic carbocycles. The number of hydrogen-bond donors (Lipinski definition) is 0. The Morgan fingerprint density at radius 2 is 1.89 bits per heavy atom. The van der Waals surface area contributed by atoms with Crippen molar-refractivity contribution < 1.29 is 4.74 Å². The molecular formula is C19H15Br2ClN2OS2. The molecule has 1 heterocycles. The van der Waals surface area contributed by atoms with Gasteiger partial charge in [-0.3, -0.25) is 0 Å². The van der Waals surface area contributed by atoms with E-state index in [9.17, 15) is 0 Å². The highest BCUT2D eigenvalue weighted by Gasteiger charge is 2.25. The van der Waals surface area contributed by atoms with Gasteiger partial charge in [-0.15, -0.1) is 0 Å². The maximum atomic E-state index is 5.92. The molecule has 2 atom stereocenters. The van der Waals surface area contributed by atoms with E-state index in [1.165, 1.54) is 11.8 Å². The zero-order valence-corrected chi connectivity index (χ0v) is 19.5. The van der Waals surface area contributed by atoms with Gasteiger partial charge in [-0.1, -0.05) is 79.5 Å². The second-order valence-electron chi connectivity index (χ2n) is 5.64. The number of halogens is 3. The third kappa shape index (κ3) is 6.06. The molecule has 0 aliphatic heterocycles. The van der Waals surface area contributed by atoms with Gasteiger partial charge in [0.2, 0.25) is 4.38 Å². The Hall–Kier alpha value is -0.860. The predicted octanol–water partition coefficient (Wildman–Crippen LogP) is 7.17. The summed E-state index contributed by atoms with van der Waals surface area (Å²) in [4.78, 5) is 4.11. The monoisotopic (exact) mass is 544 g/mol. The molecule has 0 fully saturated rings. The molecule has 0 bridgehead atoms. The highest BCUT2D eigenvalue weighted by Crippen LogP contribution is 2.43. The average molecular weight is 547 g/mol. The van der Waals surface area contributed by atoms with Gasteiger partial charge in [-0.25, -0.2) is 4.98 Å². The third-order valence-electron chi connectivity index (χ3n) is 3.75. The molecule has 140 valence electrons. The lowest BCUT2D eigenvalue weighted by atomic mass is 10.1. The minimum atomic E-state index is -0.0248. The Morgan fingerprint density at radius 3 is 2.52 bits per heavy atom.